The number of hydrogen-bond acceptors (Lipinski definition) is 7. The van der Waals surface area contributed by atoms with E-state index in [-0.39, 0.29) is 5.91 Å². The molecule has 1 N–H and O–H groups in total. The Balaban J connectivity index is 1.57. The summed E-state index contributed by atoms with van der Waals surface area (Å²) in [7, 11) is 3.06. The van der Waals surface area contributed by atoms with Gasteiger partial charge in [0.25, 0.3) is 5.91 Å². The normalized spacial score (nSPS) is 13.0. The van der Waals surface area contributed by atoms with Crippen LogP contribution in [0.25, 0.3) is 0 Å². The smallest absolute Gasteiger partial charge is 0.265 e. The molecule has 0 spiro atoms. The number of rotatable bonds is 5. The molecule has 0 saturated carbocycles. The zero-order valence-electron chi connectivity index (χ0n) is 15.8. The van der Waals surface area contributed by atoms with Gasteiger partial charge in [-0.05, 0) is 30.3 Å². The minimum Gasteiger partial charge on any atom is -0.495 e. The lowest BCUT2D eigenvalue weighted by Gasteiger charge is -2.28. The van der Waals surface area contributed by atoms with Crippen molar-refractivity contribution in [3.63, 3.8) is 0 Å². The number of ether oxygens (including phenoxy) is 2. The zero-order chi connectivity index (χ0) is 20.4. The van der Waals surface area contributed by atoms with E-state index in [4.69, 9.17) is 21.1 Å². The molecule has 6 nitrogen and oxygen atoms in total. The lowest BCUT2D eigenvalue weighted by Crippen LogP contribution is -2.23. The van der Waals surface area contributed by atoms with Crippen molar-refractivity contribution in [1.29, 1.82) is 0 Å². The average molecular weight is 448 g/mol. The lowest BCUT2D eigenvalue weighted by atomic mass is 10.2. The SMILES string of the molecule is COc1cc(OC)c(NC(=O)c2ccc(N3CCSc4ncccc43)s2)cc1Cl. The zero-order valence-corrected chi connectivity index (χ0v) is 18.2. The summed E-state index contributed by atoms with van der Waals surface area (Å²) in [5.41, 5.74) is 1.56. The molecule has 0 radical (unpaired) electrons. The minimum absolute atomic E-state index is 0.224. The van der Waals surface area contributed by atoms with Gasteiger partial charge in [-0.2, -0.15) is 0 Å². The van der Waals surface area contributed by atoms with Gasteiger partial charge in [0.2, 0.25) is 0 Å². The number of benzene rings is 1. The van der Waals surface area contributed by atoms with Gasteiger partial charge in [0, 0.05) is 24.6 Å². The third kappa shape index (κ3) is 4.01. The molecule has 3 heterocycles. The molecule has 0 unspecified atom stereocenters. The van der Waals surface area contributed by atoms with Crippen molar-refractivity contribution >= 4 is 57.0 Å². The van der Waals surface area contributed by atoms with Crippen molar-refractivity contribution in [2.45, 2.75) is 5.03 Å². The van der Waals surface area contributed by atoms with Crippen LogP contribution in [0.15, 0.2) is 47.6 Å². The molecule has 0 aliphatic carbocycles. The summed E-state index contributed by atoms with van der Waals surface area (Å²) in [6.07, 6.45) is 1.80. The van der Waals surface area contributed by atoms with E-state index in [1.165, 1.54) is 25.6 Å². The molecule has 0 saturated heterocycles. The molecule has 3 aromatic rings. The van der Waals surface area contributed by atoms with Crippen molar-refractivity contribution in [2.24, 2.45) is 0 Å². The van der Waals surface area contributed by atoms with Crippen molar-refractivity contribution < 1.29 is 14.3 Å². The van der Waals surface area contributed by atoms with Crippen molar-refractivity contribution in [3.8, 4) is 11.5 Å². The van der Waals surface area contributed by atoms with Crippen LogP contribution in [0.4, 0.5) is 16.4 Å². The summed E-state index contributed by atoms with van der Waals surface area (Å²) in [4.78, 5) is 20.1. The Morgan fingerprint density at radius 2 is 2.03 bits per heavy atom. The summed E-state index contributed by atoms with van der Waals surface area (Å²) in [6, 6.07) is 11.0. The second kappa shape index (κ2) is 8.52. The number of carbonyl (C=O) groups excluding carboxylic acids is 1. The number of anilines is 3. The number of methoxy groups -OCH3 is 2. The Labute approximate surface area is 181 Å². The fraction of sp³-hybridized carbons (Fsp3) is 0.200. The third-order valence-corrected chi connectivity index (χ3v) is 6.78. The van der Waals surface area contributed by atoms with Crippen LogP contribution >= 0.6 is 34.7 Å². The molecule has 29 heavy (non-hydrogen) atoms. The number of thioether (sulfide) groups is 1. The number of amides is 1. The summed E-state index contributed by atoms with van der Waals surface area (Å²) in [6.45, 7) is 0.868. The predicted molar refractivity (Wildman–Crippen MR) is 119 cm³/mol. The highest BCUT2D eigenvalue weighted by Gasteiger charge is 2.22. The van der Waals surface area contributed by atoms with Gasteiger partial charge < -0.3 is 19.7 Å². The van der Waals surface area contributed by atoms with Crippen LogP contribution in [0.2, 0.25) is 5.02 Å². The monoisotopic (exact) mass is 447 g/mol. The van der Waals surface area contributed by atoms with E-state index in [2.05, 4.69) is 21.3 Å². The number of carbonyl (C=O) groups is 1. The lowest BCUT2D eigenvalue weighted by molar-refractivity contribution is 0.103. The van der Waals surface area contributed by atoms with Gasteiger partial charge in [-0.3, -0.25) is 4.79 Å². The van der Waals surface area contributed by atoms with Crippen LogP contribution in [-0.4, -0.2) is 37.4 Å². The maximum atomic E-state index is 12.8. The molecule has 1 amide bonds. The summed E-state index contributed by atoms with van der Waals surface area (Å²) >= 11 is 9.38. The standard InChI is InChI=1S/C20H18ClN3O3S2/c1-26-15-11-16(27-2)13(10-12(15)21)23-19(25)17-5-6-18(29-17)24-8-9-28-20-14(24)4-3-7-22-20/h3-7,10-11H,8-9H2,1-2H3,(H,23,25). The molecule has 1 aliphatic rings. The molecule has 0 atom stereocenters. The molecule has 1 aromatic carbocycles. The predicted octanol–water partition coefficient (Wildman–Crippen LogP) is 5.31. The number of nitrogens with one attached hydrogen (secondary N) is 1. The summed E-state index contributed by atoms with van der Waals surface area (Å²) < 4.78 is 10.5. The summed E-state index contributed by atoms with van der Waals surface area (Å²) in [5, 5.41) is 5.28. The highest BCUT2D eigenvalue weighted by molar-refractivity contribution is 7.99. The van der Waals surface area contributed by atoms with Crippen molar-refractivity contribution in [2.75, 3.05) is 36.7 Å². The molecule has 0 bridgehead atoms. The molecule has 150 valence electrons. The van der Waals surface area contributed by atoms with Gasteiger partial charge in [0.1, 0.15) is 16.5 Å². The number of fused-ring (bicyclic) bond motifs is 1. The number of hydrogen-bond donors (Lipinski definition) is 1. The van der Waals surface area contributed by atoms with Crippen LogP contribution in [-0.2, 0) is 0 Å². The van der Waals surface area contributed by atoms with Gasteiger partial charge in [0.15, 0.2) is 0 Å². The Morgan fingerprint density at radius 3 is 2.83 bits per heavy atom. The highest BCUT2D eigenvalue weighted by Crippen LogP contribution is 2.40. The van der Waals surface area contributed by atoms with E-state index >= 15 is 0 Å². The van der Waals surface area contributed by atoms with Gasteiger partial charge in [-0.1, -0.05) is 11.6 Å². The van der Waals surface area contributed by atoms with E-state index in [0.717, 1.165) is 28.0 Å². The van der Waals surface area contributed by atoms with Crippen LogP contribution in [0, 0.1) is 0 Å². The van der Waals surface area contributed by atoms with Gasteiger partial charge in [-0.25, -0.2) is 4.98 Å². The third-order valence-electron chi connectivity index (χ3n) is 4.40. The number of nitrogens with zero attached hydrogens (tertiary/aromatic N) is 2. The first kappa shape index (κ1) is 19.9. The van der Waals surface area contributed by atoms with E-state index in [1.54, 1.807) is 30.1 Å². The second-order valence-corrected chi connectivity index (χ2v) is 8.66. The van der Waals surface area contributed by atoms with Crippen LogP contribution in [0.1, 0.15) is 9.67 Å². The molecule has 1 aliphatic heterocycles. The first-order valence-corrected chi connectivity index (χ1v) is 11.0. The van der Waals surface area contributed by atoms with Gasteiger partial charge in [-0.15, -0.1) is 23.1 Å². The molecule has 4 rings (SSSR count). The fourth-order valence-electron chi connectivity index (χ4n) is 3.02. The second-order valence-electron chi connectivity index (χ2n) is 6.11. The van der Waals surface area contributed by atoms with Crippen LogP contribution in [0.3, 0.4) is 0 Å². The molecular weight excluding hydrogens is 430 g/mol. The van der Waals surface area contributed by atoms with Crippen LogP contribution in [0.5, 0.6) is 11.5 Å². The minimum atomic E-state index is -0.224. The molecule has 2 aromatic heterocycles. The summed E-state index contributed by atoms with van der Waals surface area (Å²) in [5.74, 6) is 1.68. The molecular formula is C20H18ClN3O3S2. The Kier molecular flexibility index (Phi) is 5.84. The maximum Gasteiger partial charge on any atom is 0.265 e. The Bertz CT molecular complexity index is 1060. The number of halogens is 1. The highest BCUT2D eigenvalue weighted by atomic mass is 35.5. The average Bonchev–Trinajstić information content (AvgIpc) is 3.24. The molecule has 0 fully saturated rings. The number of pyridine rings is 1. The number of thiophene rings is 1. The van der Waals surface area contributed by atoms with E-state index in [1.807, 2.05) is 18.2 Å². The van der Waals surface area contributed by atoms with E-state index < -0.39 is 0 Å². The van der Waals surface area contributed by atoms with Crippen LogP contribution < -0.4 is 19.7 Å². The van der Waals surface area contributed by atoms with Crippen molar-refractivity contribution in [3.05, 3.63) is 52.5 Å². The Hall–Kier alpha value is -2.42. The van der Waals surface area contributed by atoms with Gasteiger partial charge in [0.05, 0.1) is 40.5 Å². The topological polar surface area (TPSA) is 63.7 Å². The maximum absolute atomic E-state index is 12.8. The van der Waals surface area contributed by atoms with E-state index in [0.29, 0.717) is 27.1 Å². The molecule has 9 heteroatoms. The van der Waals surface area contributed by atoms with Gasteiger partial charge >= 0.3 is 0 Å². The fourth-order valence-corrected chi connectivity index (χ4v) is 5.13. The van der Waals surface area contributed by atoms with E-state index in [9.17, 15) is 4.79 Å². The van der Waals surface area contributed by atoms with Crippen molar-refractivity contribution in [1.82, 2.24) is 4.98 Å². The quantitative estimate of drug-likeness (QED) is 0.571. The Morgan fingerprint density at radius 1 is 1.21 bits per heavy atom. The largest absolute Gasteiger partial charge is 0.495 e. The number of aromatic nitrogens is 1. The first-order valence-electron chi connectivity index (χ1n) is 8.78. The first-order chi connectivity index (χ1) is 14.1.